The van der Waals surface area contributed by atoms with Crippen LogP contribution in [0.4, 0.5) is 0 Å². The molecule has 0 aromatic carbocycles. The number of oxazole rings is 1. The fraction of sp³-hybridized carbons (Fsp3) is 0.286. The highest BCUT2D eigenvalue weighted by Crippen LogP contribution is 1.75. The third-order valence-electron chi connectivity index (χ3n) is 1.39. The monoisotopic (exact) mass is 173 g/mol. The fourth-order valence-electron chi connectivity index (χ4n) is 0.791. The molecule has 0 aliphatic heterocycles. The highest BCUT2D eigenvalue weighted by Gasteiger charge is 1.99. The molecular weight excluding hydrogens is 166 g/mol. The van der Waals surface area contributed by atoms with Crippen molar-refractivity contribution >= 4 is 24.8 Å². The van der Waals surface area contributed by atoms with Gasteiger partial charge in [-0.1, -0.05) is 13.2 Å². The molecule has 1 rings (SSSR count). The third-order valence-corrected chi connectivity index (χ3v) is 1.56. The van der Waals surface area contributed by atoms with E-state index >= 15 is 0 Å². The van der Waals surface area contributed by atoms with Crippen molar-refractivity contribution in [1.29, 1.82) is 0 Å². The fourth-order valence-corrected chi connectivity index (χ4v) is 0.960. The number of halogens is 1. The van der Waals surface area contributed by atoms with E-state index in [4.69, 9.17) is 11.6 Å². The Morgan fingerprint density at radius 2 is 2.18 bits per heavy atom. The summed E-state index contributed by atoms with van der Waals surface area (Å²) in [5, 5.41) is 0.496. The lowest BCUT2D eigenvalue weighted by atomic mass is 10.6. The molecular formula is C7H8ClNO2. The number of alkyl halides is 1. The standard InChI is InChI=1S/C7H8ClNO2/c1-5-6(2)11-7(10)9(5)4-3-8/h1-4H2. The van der Waals surface area contributed by atoms with E-state index in [0.717, 1.165) is 0 Å². The van der Waals surface area contributed by atoms with Crippen molar-refractivity contribution in [3.8, 4) is 0 Å². The highest BCUT2D eigenvalue weighted by molar-refractivity contribution is 6.17. The van der Waals surface area contributed by atoms with Crippen LogP contribution in [0.15, 0.2) is 9.21 Å². The molecule has 0 N–H and O–H groups in total. The summed E-state index contributed by atoms with van der Waals surface area (Å²) in [5.41, 5.74) is 0.306. The van der Waals surface area contributed by atoms with Gasteiger partial charge >= 0.3 is 5.76 Å². The maximum absolute atomic E-state index is 10.9. The van der Waals surface area contributed by atoms with Crippen LogP contribution in [-0.4, -0.2) is 10.4 Å². The van der Waals surface area contributed by atoms with Gasteiger partial charge in [0.25, 0.3) is 0 Å². The third kappa shape index (κ3) is 1.38. The number of nitrogens with zero attached hydrogens (tertiary/aromatic N) is 1. The molecule has 0 fully saturated rings. The molecule has 1 heterocycles. The Morgan fingerprint density at radius 1 is 1.55 bits per heavy atom. The lowest BCUT2D eigenvalue weighted by Gasteiger charge is -1.91. The Labute approximate surface area is 68.2 Å². The summed E-state index contributed by atoms with van der Waals surface area (Å²) < 4.78 is 6.03. The first kappa shape index (κ1) is 8.14. The normalized spacial score (nSPS) is 10.3. The Morgan fingerprint density at radius 3 is 2.55 bits per heavy atom. The van der Waals surface area contributed by atoms with Gasteiger partial charge in [0.1, 0.15) is 5.42 Å². The summed E-state index contributed by atoms with van der Waals surface area (Å²) in [6.45, 7) is 7.51. The van der Waals surface area contributed by atoms with Crippen LogP contribution in [0.3, 0.4) is 0 Å². The van der Waals surface area contributed by atoms with Gasteiger partial charge in [-0.15, -0.1) is 11.6 Å². The summed E-state index contributed by atoms with van der Waals surface area (Å²) in [4.78, 5) is 10.9. The maximum atomic E-state index is 10.9. The van der Waals surface area contributed by atoms with Crippen LogP contribution in [-0.2, 0) is 6.54 Å². The van der Waals surface area contributed by atoms with Crippen molar-refractivity contribution in [2.45, 2.75) is 6.54 Å². The van der Waals surface area contributed by atoms with Gasteiger partial charge in [0.2, 0.25) is 0 Å². The first-order valence-corrected chi connectivity index (χ1v) is 3.63. The van der Waals surface area contributed by atoms with Crippen LogP contribution in [0.1, 0.15) is 0 Å². The Hall–Kier alpha value is -0.960. The van der Waals surface area contributed by atoms with Crippen LogP contribution in [0.5, 0.6) is 0 Å². The van der Waals surface area contributed by atoms with E-state index in [9.17, 15) is 4.79 Å². The minimum Gasteiger partial charge on any atom is -0.408 e. The molecule has 4 heteroatoms. The first-order valence-electron chi connectivity index (χ1n) is 3.10. The Bertz CT molecular complexity index is 390. The lowest BCUT2D eigenvalue weighted by Crippen LogP contribution is -2.30. The van der Waals surface area contributed by atoms with Gasteiger partial charge < -0.3 is 4.42 Å². The number of rotatable bonds is 2. The van der Waals surface area contributed by atoms with Gasteiger partial charge in [-0.3, -0.25) is 4.57 Å². The lowest BCUT2D eigenvalue weighted by molar-refractivity contribution is 0.463. The molecule has 0 radical (unpaired) electrons. The second-order valence-corrected chi connectivity index (χ2v) is 2.46. The maximum Gasteiger partial charge on any atom is 0.419 e. The predicted molar refractivity (Wildman–Crippen MR) is 44.0 cm³/mol. The Kier molecular flexibility index (Phi) is 2.19. The van der Waals surface area contributed by atoms with Gasteiger partial charge in [0.05, 0.1) is 5.35 Å². The van der Waals surface area contributed by atoms with Crippen LogP contribution < -0.4 is 16.5 Å². The SMILES string of the molecule is C=c1oc(=O)n(CCCl)c1=C. The molecule has 0 saturated heterocycles. The van der Waals surface area contributed by atoms with Crippen molar-refractivity contribution in [3.63, 3.8) is 0 Å². The second kappa shape index (κ2) is 2.96. The predicted octanol–water partition coefficient (Wildman–Crippen LogP) is -0.499. The highest BCUT2D eigenvalue weighted by atomic mass is 35.5. The summed E-state index contributed by atoms with van der Waals surface area (Å²) >= 11 is 5.44. The minimum atomic E-state index is -0.444. The summed E-state index contributed by atoms with van der Waals surface area (Å²) in [6.07, 6.45) is 0. The zero-order valence-electron chi connectivity index (χ0n) is 5.97. The van der Waals surface area contributed by atoms with Gasteiger partial charge in [0, 0.05) is 12.4 Å². The number of hydrogen-bond donors (Lipinski definition) is 0. The largest absolute Gasteiger partial charge is 0.419 e. The molecule has 0 bridgehead atoms. The van der Waals surface area contributed by atoms with Crippen LogP contribution in [0.25, 0.3) is 13.2 Å². The zero-order chi connectivity index (χ0) is 8.43. The molecule has 0 saturated carbocycles. The number of aromatic nitrogens is 1. The van der Waals surface area contributed by atoms with Gasteiger partial charge in [-0.05, 0) is 0 Å². The van der Waals surface area contributed by atoms with Crippen molar-refractivity contribution in [2.24, 2.45) is 0 Å². The van der Waals surface area contributed by atoms with E-state index in [2.05, 4.69) is 17.6 Å². The first-order chi connectivity index (χ1) is 5.16. The summed E-state index contributed by atoms with van der Waals surface area (Å²) in [6, 6.07) is 0. The molecule has 0 atom stereocenters. The van der Waals surface area contributed by atoms with E-state index in [1.807, 2.05) is 0 Å². The van der Waals surface area contributed by atoms with Gasteiger partial charge in [-0.2, -0.15) is 0 Å². The average Bonchev–Trinajstić information content (AvgIpc) is 2.17. The topological polar surface area (TPSA) is 35.1 Å². The molecule has 0 unspecified atom stereocenters. The van der Waals surface area contributed by atoms with E-state index in [1.165, 1.54) is 4.57 Å². The Balaban J connectivity index is 3.35. The van der Waals surface area contributed by atoms with Crippen molar-refractivity contribution < 1.29 is 4.42 Å². The van der Waals surface area contributed by atoms with Crippen LogP contribution in [0.2, 0.25) is 0 Å². The molecule has 0 spiro atoms. The molecule has 0 aliphatic carbocycles. The molecule has 1 aromatic rings. The zero-order valence-corrected chi connectivity index (χ0v) is 6.73. The van der Waals surface area contributed by atoms with Crippen LogP contribution >= 0.6 is 11.6 Å². The van der Waals surface area contributed by atoms with Crippen molar-refractivity contribution in [3.05, 3.63) is 21.3 Å². The van der Waals surface area contributed by atoms with Gasteiger partial charge in [-0.25, -0.2) is 4.79 Å². The van der Waals surface area contributed by atoms with E-state index in [1.54, 1.807) is 0 Å². The van der Waals surface area contributed by atoms with E-state index in [-0.39, 0.29) is 0 Å². The van der Waals surface area contributed by atoms with Crippen LogP contribution in [0, 0.1) is 0 Å². The number of hydrogen-bond acceptors (Lipinski definition) is 2. The average molecular weight is 174 g/mol. The quantitative estimate of drug-likeness (QED) is 0.566. The molecule has 1 aromatic heterocycles. The van der Waals surface area contributed by atoms with Crippen molar-refractivity contribution in [1.82, 2.24) is 4.57 Å². The summed E-state index contributed by atoms with van der Waals surface area (Å²) in [7, 11) is 0. The minimum absolute atomic E-state index is 0.306. The molecule has 3 nitrogen and oxygen atoms in total. The molecule has 11 heavy (non-hydrogen) atoms. The smallest absolute Gasteiger partial charge is 0.408 e. The summed E-state index contributed by atoms with van der Waals surface area (Å²) in [5.74, 6) is -0.0813. The molecule has 0 amide bonds. The molecule has 60 valence electrons. The van der Waals surface area contributed by atoms with Crippen molar-refractivity contribution in [2.75, 3.05) is 5.88 Å². The van der Waals surface area contributed by atoms with E-state index < -0.39 is 5.76 Å². The van der Waals surface area contributed by atoms with E-state index in [0.29, 0.717) is 23.2 Å². The second-order valence-electron chi connectivity index (χ2n) is 2.08. The molecule has 0 aliphatic rings. The van der Waals surface area contributed by atoms with Gasteiger partial charge in [0.15, 0.2) is 0 Å².